The molecule has 2 N–H and O–H groups in total. The summed E-state index contributed by atoms with van der Waals surface area (Å²) in [6.45, 7) is 2.16. The summed E-state index contributed by atoms with van der Waals surface area (Å²) in [4.78, 5) is 12.6. The van der Waals surface area contributed by atoms with Gasteiger partial charge in [-0.25, -0.2) is 8.42 Å². The number of carbonyl (C=O) groups excluding carboxylic acids is 1. The van der Waals surface area contributed by atoms with Gasteiger partial charge >= 0.3 is 0 Å². The SMILES string of the molecule is C[C@H]1CCCC[C@@H]1NC(=O)c1ccc(S(=O)(=O)Nc2ccccc2)cc1. The highest BCUT2D eigenvalue weighted by atomic mass is 32.2. The zero-order valence-electron chi connectivity index (χ0n) is 14.8. The first-order chi connectivity index (χ1) is 12.5. The first-order valence-electron chi connectivity index (χ1n) is 8.94. The molecule has 6 heteroatoms. The van der Waals surface area contributed by atoms with Gasteiger partial charge in [0, 0.05) is 17.3 Å². The molecule has 1 saturated carbocycles. The van der Waals surface area contributed by atoms with E-state index in [0.717, 1.165) is 19.3 Å². The van der Waals surface area contributed by atoms with Crippen molar-refractivity contribution in [3.63, 3.8) is 0 Å². The number of anilines is 1. The van der Waals surface area contributed by atoms with Crippen LogP contribution in [0.4, 0.5) is 5.69 Å². The Bertz CT molecular complexity index is 848. The molecule has 26 heavy (non-hydrogen) atoms. The lowest BCUT2D eigenvalue weighted by Crippen LogP contribution is -2.41. The summed E-state index contributed by atoms with van der Waals surface area (Å²) in [5, 5.41) is 3.08. The largest absolute Gasteiger partial charge is 0.349 e. The van der Waals surface area contributed by atoms with Crippen LogP contribution in [0.5, 0.6) is 0 Å². The Kier molecular flexibility index (Phi) is 5.61. The number of hydrogen-bond donors (Lipinski definition) is 2. The monoisotopic (exact) mass is 372 g/mol. The normalized spacial score (nSPS) is 20.3. The van der Waals surface area contributed by atoms with Crippen molar-refractivity contribution in [2.24, 2.45) is 5.92 Å². The van der Waals surface area contributed by atoms with Crippen LogP contribution < -0.4 is 10.0 Å². The number of carbonyl (C=O) groups is 1. The van der Waals surface area contributed by atoms with Gasteiger partial charge in [0.15, 0.2) is 0 Å². The van der Waals surface area contributed by atoms with E-state index in [1.165, 1.54) is 18.6 Å². The van der Waals surface area contributed by atoms with Gasteiger partial charge in [0.2, 0.25) is 0 Å². The van der Waals surface area contributed by atoms with Gasteiger partial charge in [0.05, 0.1) is 4.90 Å². The molecule has 0 aliphatic heterocycles. The molecule has 2 atom stereocenters. The maximum Gasteiger partial charge on any atom is 0.261 e. The molecule has 0 radical (unpaired) electrons. The zero-order chi connectivity index (χ0) is 18.6. The second-order valence-corrected chi connectivity index (χ2v) is 8.52. The number of benzene rings is 2. The van der Waals surface area contributed by atoms with Gasteiger partial charge in [-0.2, -0.15) is 0 Å². The van der Waals surface area contributed by atoms with Crippen molar-refractivity contribution in [1.29, 1.82) is 0 Å². The number of sulfonamides is 1. The average molecular weight is 372 g/mol. The molecule has 0 heterocycles. The number of hydrogen-bond acceptors (Lipinski definition) is 3. The van der Waals surface area contributed by atoms with Crippen molar-refractivity contribution in [1.82, 2.24) is 5.32 Å². The van der Waals surface area contributed by atoms with Crippen LogP contribution in [0.3, 0.4) is 0 Å². The van der Waals surface area contributed by atoms with E-state index in [0.29, 0.717) is 17.2 Å². The highest BCUT2D eigenvalue weighted by Gasteiger charge is 2.23. The van der Waals surface area contributed by atoms with E-state index >= 15 is 0 Å². The molecule has 138 valence electrons. The Labute approximate surface area is 154 Å². The van der Waals surface area contributed by atoms with E-state index in [4.69, 9.17) is 0 Å². The summed E-state index contributed by atoms with van der Waals surface area (Å²) >= 11 is 0. The fourth-order valence-corrected chi connectivity index (χ4v) is 4.35. The highest BCUT2D eigenvalue weighted by molar-refractivity contribution is 7.92. The topological polar surface area (TPSA) is 75.3 Å². The summed E-state index contributed by atoms with van der Waals surface area (Å²) < 4.78 is 27.4. The lowest BCUT2D eigenvalue weighted by Gasteiger charge is -2.29. The summed E-state index contributed by atoms with van der Waals surface area (Å²) in [5.41, 5.74) is 0.974. The van der Waals surface area contributed by atoms with Crippen LogP contribution in [0.25, 0.3) is 0 Å². The molecular weight excluding hydrogens is 348 g/mol. The van der Waals surface area contributed by atoms with Crippen molar-refractivity contribution in [3.05, 3.63) is 60.2 Å². The number of para-hydroxylation sites is 1. The molecule has 1 fully saturated rings. The molecule has 0 bridgehead atoms. The molecule has 0 aromatic heterocycles. The fraction of sp³-hybridized carbons (Fsp3) is 0.350. The molecule has 0 saturated heterocycles. The van der Waals surface area contributed by atoms with E-state index in [9.17, 15) is 13.2 Å². The first-order valence-corrected chi connectivity index (χ1v) is 10.4. The van der Waals surface area contributed by atoms with Crippen LogP contribution in [0.15, 0.2) is 59.5 Å². The minimum atomic E-state index is -3.67. The first kappa shape index (κ1) is 18.5. The van der Waals surface area contributed by atoms with Crippen LogP contribution in [-0.2, 0) is 10.0 Å². The van der Waals surface area contributed by atoms with Crippen LogP contribution >= 0.6 is 0 Å². The van der Waals surface area contributed by atoms with Crippen molar-refractivity contribution < 1.29 is 13.2 Å². The molecule has 0 unspecified atom stereocenters. The van der Waals surface area contributed by atoms with Crippen LogP contribution in [0, 0.1) is 5.92 Å². The van der Waals surface area contributed by atoms with E-state index in [1.54, 1.807) is 36.4 Å². The molecule has 1 aliphatic carbocycles. The summed E-state index contributed by atoms with van der Waals surface area (Å²) in [7, 11) is -3.67. The Morgan fingerprint density at radius 2 is 1.62 bits per heavy atom. The Morgan fingerprint density at radius 3 is 2.27 bits per heavy atom. The van der Waals surface area contributed by atoms with Crippen LogP contribution in [0.2, 0.25) is 0 Å². The lowest BCUT2D eigenvalue weighted by atomic mass is 9.86. The minimum absolute atomic E-state index is 0.129. The van der Waals surface area contributed by atoms with Gasteiger partial charge in [0.25, 0.3) is 15.9 Å². The van der Waals surface area contributed by atoms with Crippen LogP contribution in [0.1, 0.15) is 43.0 Å². The zero-order valence-corrected chi connectivity index (χ0v) is 15.6. The van der Waals surface area contributed by atoms with Gasteiger partial charge in [-0.1, -0.05) is 38.0 Å². The number of rotatable bonds is 5. The number of amides is 1. The van der Waals surface area contributed by atoms with Gasteiger partial charge < -0.3 is 5.32 Å². The van der Waals surface area contributed by atoms with Gasteiger partial charge in [-0.15, -0.1) is 0 Å². The van der Waals surface area contributed by atoms with Gasteiger partial charge in [0.1, 0.15) is 0 Å². The molecule has 3 rings (SSSR count). The third-order valence-electron chi connectivity index (χ3n) is 4.88. The molecule has 1 amide bonds. The molecule has 5 nitrogen and oxygen atoms in total. The third kappa shape index (κ3) is 4.43. The molecule has 0 spiro atoms. The Balaban J connectivity index is 1.68. The van der Waals surface area contributed by atoms with E-state index in [1.807, 2.05) is 6.07 Å². The van der Waals surface area contributed by atoms with Crippen molar-refractivity contribution >= 4 is 21.6 Å². The maximum absolute atomic E-state index is 12.4. The quantitative estimate of drug-likeness (QED) is 0.838. The predicted molar refractivity (Wildman–Crippen MR) is 103 cm³/mol. The summed E-state index contributed by atoms with van der Waals surface area (Å²) in [6, 6.07) is 14.9. The average Bonchev–Trinajstić information content (AvgIpc) is 2.64. The third-order valence-corrected chi connectivity index (χ3v) is 6.28. The van der Waals surface area contributed by atoms with E-state index in [-0.39, 0.29) is 16.8 Å². The smallest absolute Gasteiger partial charge is 0.261 e. The molecule has 2 aromatic rings. The summed E-state index contributed by atoms with van der Waals surface area (Å²) in [6.07, 6.45) is 4.49. The Hall–Kier alpha value is -2.34. The van der Waals surface area contributed by atoms with Crippen molar-refractivity contribution in [2.45, 2.75) is 43.5 Å². The maximum atomic E-state index is 12.4. The second-order valence-electron chi connectivity index (χ2n) is 6.84. The second kappa shape index (κ2) is 7.91. The molecule has 2 aromatic carbocycles. The Morgan fingerprint density at radius 1 is 0.962 bits per heavy atom. The predicted octanol–water partition coefficient (Wildman–Crippen LogP) is 3.80. The van der Waals surface area contributed by atoms with E-state index < -0.39 is 10.0 Å². The summed E-state index contributed by atoms with van der Waals surface area (Å²) in [5.74, 6) is 0.325. The fourth-order valence-electron chi connectivity index (χ4n) is 3.29. The van der Waals surface area contributed by atoms with Gasteiger partial charge in [-0.05, 0) is 55.2 Å². The lowest BCUT2D eigenvalue weighted by molar-refractivity contribution is 0.0910. The highest BCUT2D eigenvalue weighted by Crippen LogP contribution is 2.24. The minimum Gasteiger partial charge on any atom is -0.349 e. The molecular formula is C20H24N2O3S. The van der Waals surface area contributed by atoms with Crippen molar-refractivity contribution in [3.8, 4) is 0 Å². The van der Waals surface area contributed by atoms with Crippen LogP contribution in [-0.4, -0.2) is 20.4 Å². The van der Waals surface area contributed by atoms with Gasteiger partial charge in [-0.3, -0.25) is 9.52 Å². The van der Waals surface area contributed by atoms with Crippen molar-refractivity contribution in [2.75, 3.05) is 4.72 Å². The standard InChI is InChI=1S/C20H24N2O3S/c1-15-7-5-6-10-19(15)21-20(23)16-11-13-18(14-12-16)26(24,25)22-17-8-3-2-4-9-17/h2-4,8-9,11-15,19,22H,5-7,10H2,1H3,(H,21,23)/t15-,19-/m0/s1. The number of nitrogens with one attached hydrogen (secondary N) is 2. The van der Waals surface area contributed by atoms with E-state index in [2.05, 4.69) is 17.0 Å². The molecule has 1 aliphatic rings.